The van der Waals surface area contributed by atoms with E-state index in [1.54, 1.807) is 29.2 Å². The predicted molar refractivity (Wildman–Crippen MR) is 108 cm³/mol. The molecule has 1 heterocycles. The van der Waals surface area contributed by atoms with Crippen LogP contribution in [-0.2, 0) is 4.74 Å². The van der Waals surface area contributed by atoms with Gasteiger partial charge < -0.3 is 15.0 Å². The maximum atomic E-state index is 13.0. The molecule has 2 aromatic carbocycles. The van der Waals surface area contributed by atoms with Gasteiger partial charge in [0.25, 0.3) is 17.5 Å². The molecule has 2 atom stereocenters. The molecule has 0 unspecified atom stereocenters. The van der Waals surface area contributed by atoms with Crippen molar-refractivity contribution in [2.75, 3.05) is 18.4 Å². The highest BCUT2D eigenvalue weighted by atomic mass is 35.5. The zero-order valence-corrected chi connectivity index (χ0v) is 16.7. The zero-order chi connectivity index (χ0) is 21.1. The van der Waals surface area contributed by atoms with Gasteiger partial charge in [0.05, 0.1) is 39.0 Å². The molecule has 0 bridgehead atoms. The quantitative estimate of drug-likeness (QED) is 0.603. The van der Waals surface area contributed by atoms with Crippen molar-refractivity contribution in [3.63, 3.8) is 0 Å². The number of non-ortho nitro benzene ring substituents is 1. The lowest BCUT2D eigenvalue weighted by molar-refractivity contribution is -0.384. The maximum Gasteiger partial charge on any atom is 0.270 e. The molecule has 0 aliphatic carbocycles. The first kappa shape index (κ1) is 20.8. The fourth-order valence-corrected chi connectivity index (χ4v) is 3.54. The standard InChI is InChI=1S/C20H20ClN3O5/c1-12-10-23(11-13(2)29-12)20(26)16-5-3-4-6-18(16)22-19(25)15-8-7-14(24(27)28)9-17(15)21/h3-9,12-13H,10-11H2,1-2H3,(H,22,25)/t12-,13-/m0/s1. The van der Waals surface area contributed by atoms with E-state index in [2.05, 4.69) is 5.32 Å². The summed E-state index contributed by atoms with van der Waals surface area (Å²) in [6.07, 6.45) is -0.160. The number of ether oxygens (including phenoxy) is 1. The van der Waals surface area contributed by atoms with Gasteiger partial charge in [-0.2, -0.15) is 0 Å². The number of benzene rings is 2. The first-order valence-electron chi connectivity index (χ1n) is 9.05. The summed E-state index contributed by atoms with van der Waals surface area (Å²) in [5, 5.41) is 13.5. The van der Waals surface area contributed by atoms with E-state index in [1.807, 2.05) is 13.8 Å². The summed E-state index contributed by atoms with van der Waals surface area (Å²) in [5.41, 5.74) is 0.551. The van der Waals surface area contributed by atoms with Gasteiger partial charge in [-0.15, -0.1) is 0 Å². The number of morpholine rings is 1. The van der Waals surface area contributed by atoms with Gasteiger partial charge in [-0.25, -0.2) is 0 Å². The Balaban J connectivity index is 1.83. The second kappa shape index (κ2) is 8.59. The van der Waals surface area contributed by atoms with Crippen molar-refractivity contribution in [2.24, 2.45) is 0 Å². The van der Waals surface area contributed by atoms with Gasteiger partial charge >= 0.3 is 0 Å². The minimum absolute atomic E-state index is 0.0451. The van der Waals surface area contributed by atoms with Crippen LogP contribution in [0.3, 0.4) is 0 Å². The highest BCUT2D eigenvalue weighted by Gasteiger charge is 2.28. The molecule has 2 amide bonds. The van der Waals surface area contributed by atoms with Crippen LogP contribution in [0.1, 0.15) is 34.6 Å². The minimum Gasteiger partial charge on any atom is -0.372 e. The van der Waals surface area contributed by atoms with Gasteiger partial charge in [-0.3, -0.25) is 19.7 Å². The van der Waals surface area contributed by atoms with E-state index in [4.69, 9.17) is 16.3 Å². The molecular formula is C20H20ClN3O5. The Labute approximate surface area is 172 Å². The molecule has 1 aliphatic rings. The van der Waals surface area contributed by atoms with Crippen molar-refractivity contribution >= 4 is 34.8 Å². The zero-order valence-electron chi connectivity index (χ0n) is 15.9. The minimum atomic E-state index is -0.591. The predicted octanol–water partition coefficient (Wildman–Crippen LogP) is 3.75. The Morgan fingerprint density at radius 2 is 1.79 bits per heavy atom. The smallest absolute Gasteiger partial charge is 0.270 e. The molecule has 1 N–H and O–H groups in total. The Hall–Kier alpha value is -2.97. The molecule has 9 heteroatoms. The number of nitro groups is 1. The molecule has 0 aromatic heterocycles. The van der Waals surface area contributed by atoms with E-state index in [0.717, 1.165) is 6.07 Å². The van der Waals surface area contributed by atoms with E-state index in [0.29, 0.717) is 24.3 Å². The Morgan fingerprint density at radius 1 is 1.14 bits per heavy atom. The molecule has 0 radical (unpaired) electrons. The number of carbonyl (C=O) groups excluding carboxylic acids is 2. The first-order valence-corrected chi connectivity index (χ1v) is 9.43. The van der Waals surface area contributed by atoms with Gasteiger partial charge in [0.1, 0.15) is 0 Å². The third-order valence-corrected chi connectivity index (χ3v) is 4.83. The van der Waals surface area contributed by atoms with Crippen LogP contribution in [0, 0.1) is 10.1 Å². The van der Waals surface area contributed by atoms with Crippen LogP contribution in [0.5, 0.6) is 0 Å². The SMILES string of the molecule is C[C@H]1CN(C(=O)c2ccccc2NC(=O)c2ccc([N+](=O)[O-])cc2Cl)C[C@H](C)O1. The number of amides is 2. The molecule has 1 aliphatic heterocycles. The van der Waals surface area contributed by atoms with Crippen LogP contribution in [0.15, 0.2) is 42.5 Å². The van der Waals surface area contributed by atoms with Gasteiger partial charge in [-0.05, 0) is 32.0 Å². The van der Waals surface area contributed by atoms with Gasteiger partial charge in [-0.1, -0.05) is 23.7 Å². The van der Waals surface area contributed by atoms with E-state index in [-0.39, 0.29) is 34.4 Å². The van der Waals surface area contributed by atoms with Crippen LogP contribution in [-0.4, -0.2) is 46.9 Å². The molecule has 2 aromatic rings. The highest BCUT2D eigenvalue weighted by molar-refractivity contribution is 6.34. The summed E-state index contributed by atoms with van der Waals surface area (Å²) >= 11 is 6.04. The molecule has 8 nitrogen and oxygen atoms in total. The Bertz CT molecular complexity index is 955. The van der Waals surface area contributed by atoms with Crippen molar-refractivity contribution < 1.29 is 19.2 Å². The van der Waals surface area contributed by atoms with Crippen LogP contribution >= 0.6 is 11.6 Å². The van der Waals surface area contributed by atoms with Crippen LogP contribution < -0.4 is 5.32 Å². The molecule has 0 saturated carbocycles. The summed E-state index contributed by atoms with van der Waals surface area (Å²) in [5.74, 6) is -0.772. The van der Waals surface area contributed by atoms with Crippen molar-refractivity contribution in [3.8, 4) is 0 Å². The fraction of sp³-hybridized carbons (Fsp3) is 0.300. The van der Waals surface area contributed by atoms with Gasteiger partial charge in [0, 0.05) is 25.2 Å². The second-order valence-electron chi connectivity index (χ2n) is 6.89. The van der Waals surface area contributed by atoms with E-state index in [1.165, 1.54) is 12.1 Å². The molecule has 3 rings (SSSR count). The number of hydrogen-bond acceptors (Lipinski definition) is 5. The monoisotopic (exact) mass is 417 g/mol. The number of hydrogen-bond donors (Lipinski definition) is 1. The fourth-order valence-electron chi connectivity index (χ4n) is 3.28. The average molecular weight is 418 g/mol. The van der Waals surface area contributed by atoms with Gasteiger partial charge in [0.15, 0.2) is 0 Å². The van der Waals surface area contributed by atoms with Crippen molar-refractivity contribution in [3.05, 3.63) is 68.7 Å². The molecule has 1 saturated heterocycles. The molecule has 152 valence electrons. The lowest BCUT2D eigenvalue weighted by Crippen LogP contribution is -2.48. The van der Waals surface area contributed by atoms with E-state index < -0.39 is 10.8 Å². The number of nitrogens with zero attached hydrogens (tertiary/aromatic N) is 2. The second-order valence-corrected chi connectivity index (χ2v) is 7.30. The van der Waals surface area contributed by atoms with Crippen molar-refractivity contribution in [1.29, 1.82) is 0 Å². The van der Waals surface area contributed by atoms with Crippen LogP contribution in [0.2, 0.25) is 5.02 Å². The number of halogens is 1. The van der Waals surface area contributed by atoms with Gasteiger partial charge in [0.2, 0.25) is 0 Å². The number of para-hydroxylation sites is 1. The van der Waals surface area contributed by atoms with Crippen LogP contribution in [0.4, 0.5) is 11.4 Å². The first-order chi connectivity index (χ1) is 13.8. The molecule has 1 fully saturated rings. The largest absolute Gasteiger partial charge is 0.372 e. The third-order valence-electron chi connectivity index (χ3n) is 4.52. The summed E-state index contributed by atoms with van der Waals surface area (Å²) in [6.45, 7) is 4.72. The average Bonchev–Trinajstić information content (AvgIpc) is 2.66. The third kappa shape index (κ3) is 4.72. The normalized spacial score (nSPS) is 18.9. The molecular weight excluding hydrogens is 398 g/mol. The highest BCUT2D eigenvalue weighted by Crippen LogP contribution is 2.25. The summed E-state index contributed by atoms with van der Waals surface area (Å²) in [6, 6.07) is 10.3. The molecule has 29 heavy (non-hydrogen) atoms. The topological polar surface area (TPSA) is 102 Å². The summed E-state index contributed by atoms with van der Waals surface area (Å²) in [7, 11) is 0. The number of nitro benzene ring substituents is 1. The van der Waals surface area contributed by atoms with E-state index >= 15 is 0 Å². The lowest BCUT2D eigenvalue weighted by atomic mass is 10.1. The number of nitrogens with one attached hydrogen (secondary N) is 1. The number of carbonyl (C=O) groups is 2. The number of rotatable bonds is 4. The summed E-state index contributed by atoms with van der Waals surface area (Å²) < 4.78 is 5.67. The molecule has 0 spiro atoms. The Kier molecular flexibility index (Phi) is 6.14. The Morgan fingerprint density at radius 3 is 2.41 bits per heavy atom. The van der Waals surface area contributed by atoms with Crippen molar-refractivity contribution in [2.45, 2.75) is 26.1 Å². The summed E-state index contributed by atoms with van der Waals surface area (Å²) in [4.78, 5) is 37.6. The van der Waals surface area contributed by atoms with E-state index in [9.17, 15) is 19.7 Å². The number of anilines is 1. The van der Waals surface area contributed by atoms with Crippen LogP contribution in [0.25, 0.3) is 0 Å². The lowest BCUT2D eigenvalue weighted by Gasteiger charge is -2.35. The maximum absolute atomic E-state index is 13.0. The van der Waals surface area contributed by atoms with Crippen molar-refractivity contribution in [1.82, 2.24) is 4.90 Å².